The van der Waals surface area contributed by atoms with Gasteiger partial charge >= 0.3 is 5.97 Å². The third kappa shape index (κ3) is 4.04. The van der Waals surface area contributed by atoms with Gasteiger partial charge in [-0.25, -0.2) is 9.18 Å². The summed E-state index contributed by atoms with van der Waals surface area (Å²) in [5, 5.41) is 13.7. The zero-order chi connectivity index (χ0) is 22.1. The molecule has 0 saturated heterocycles. The lowest BCUT2D eigenvalue weighted by atomic mass is 10.1. The normalized spacial score (nSPS) is 13.1. The number of amides is 1. The van der Waals surface area contributed by atoms with Gasteiger partial charge in [-0.2, -0.15) is 0 Å². The van der Waals surface area contributed by atoms with E-state index in [1.165, 1.54) is 36.5 Å². The zero-order valence-corrected chi connectivity index (χ0v) is 15.8. The number of hydrogen-bond donors (Lipinski definition) is 1. The van der Waals surface area contributed by atoms with Gasteiger partial charge in [0.05, 0.1) is 16.2 Å². The van der Waals surface area contributed by atoms with Crippen LogP contribution in [-0.4, -0.2) is 33.8 Å². The molecule has 1 aliphatic rings. The molecule has 2 aromatic carbocycles. The summed E-state index contributed by atoms with van der Waals surface area (Å²) >= 11 is 0. The molecule has 0 saturated carbocycles. The minimum absolute atomic E-state index is 0.0378. The summed E-state index contributed by atoms with van der Waals surface area (Å²) in [5.41, 5.74) is 1.09. The van der Waals surface area contributed by atoms with Crippen LogP contribution in [0.1, 0.15) is 15.9 Å². The lowest BCUT2D eigenvalue weighted by Crippen LogP contribution is -2.31. The van der Waals surface area contributed by atoms with E-state index < -0.39 is 28.4 Å². The number of Topliss-reactive ketones (excluding diaryl/α,β-unsaturated/α-hetero) is 1. The van der Waals surface area contributed by atoms with Crippen molar-refractivity contribution in [2.75, 3.05) is 6.61 Å². The van der Waals surface area contributed by atoms with Crippen molar-refractivity contribution in [2.45, 2.75) is 6.54 Å². The molecule has 0 atom stereocenters. The summed E-state index contributed by atoms with van der Waals surface area (Å²) in [7, 11) is 0. The van der Waals surface area contributed by atoms with Gasteiger partial charge in [0.15, 0.2) is 0 Å². The number of ether oxygens (including phenoxy) is 1. The smallest absolute Gasteiger partial charge is 0.333 e. The molecule has 0 radical (unpaired) electrons. The molecule has 0 spiro atoms. The number of aromatic nitrogens is 1. The highest BCUT2D eigenvalue weighted by molar-refractivity contribution is 6.45. The van der Waals surface area contributed by atoms with Crippen molar-refractivity contribution in [1.29, 1.82) is 0 Å². The van der Waals surface area contributed by atoms with Crippen LogP contribution in [0.4, 0.5) is 10.1 Å². The maximum Gasteiger partial charge on any atom is 0.333 e. The molecule has 1 aromatic heterocycles. The number of hydrogen-bond acceptors (Lipinski definition) is 6. The Balaban J connectivity index is 1.72. The number of carbonyl (C=O) groups is 3. The highest BCUT2D eigenvalue weighted by Crippen LogP contribution is 2.27. The van der Waals surface area contributed by atoms with E-state index in [9.17, 15) is 28.9 Å². The third-order valence-electron chi connectivity index (χ3n) is 4.73. The van der Waals surface area contributed by atoms with E-state index in [1.54, 1.807) is 16.7 Å². The summed E-state index contributed by atoms with van der Waals surface area (Å²) in [6, 6.07) is 9.74. The highest BCUT2D eigenvalue weighted by atomic mass is 19.1. The fourth-order valence-corrected chi connectivity index (χ4v) is 3.27. The summed E-state index contributed by atoms with van der Waals surface area (Å²) in [4.78, 5) is 47.0. The second-order valence-corrected chi connectivity index (χ2v) is 6.82. The Morgan fingerprint density at radius 3 is 2.58 bits per heavy atom. The van der Waals surface area contributed by atoms with E-state index in [4.69, 9.17) is 0 Å². The molecule has 0 aliphatic carbocycles. The molecule has 1 amide bonds. The molecule has 10 heteroatoms. The van der Waals surface area contributed by atoms with Crippen molar-refractivity contribution in [3.8, 4) is 0 Å². The van der Waals surface area contributed by atoms with Crippen molar-refractivity contribution in [3.63, 3.8) is 0 Å². The van der Waals surface area contributed by atoms with Crippen LogP contribution in [-0.2, 0) is 20.9 Å². The summed E-state index contributed by atoms with van der Waals surface area (Å²) < 4.78 is 19.5. The van der Waals surface area contributed by atoms with E-state index in [0.717, 1.165) is 11.6 Å². The minimum atomic E-state index is -1.00. The molecular weight excluding hydrogens is 409 g/mol. The Bertz CT molecular complexity index is 1280. The van der Waals surface area contributed by atoms with E-state index in [-0.39, 0.29) is 35.5 Å². The first-order chi connectivity index (χ1) is 14.8. The molecule has 0 unspecified atom stereocenters. The summed E-state index contributed by atoms with van der Waals surface area (Å²) in [5.74, 6) is -2.96. The topological polar surface area (TPSA) is 121 Å². The second-order valence-electron chi connectivity index (χ2n) is 6.82. The van der Waals surface area contributed by atoms with Crippen molar-refractivity contribution in [1.82, 2.24) is 9.88 Å². The van der Waals surface area contributed by atoms with E-state index >= 15 is 0 Å². The van der Waals surface area contributed by atoms with Gasteiger partial charge in [-0.1, -0.05) is 12.1 Å². The Morgan fingerprint density at radius 2 is 1.94 bits per heavy atom. The third-order valence-corrected chi connectivity index (χ3v) is 4.73. The molecule has 31 heavy (non-hydrogen) atoms. The monoisotopic (exact) mass is 423 g/mol. The van der Waals surface area contributed by atoms with Crippen LogP contribution in [0, 0.1) is 15.9 Å². The molecule has 0 bridgehead atoms. The number of cyclic esters (lactones) is 1. The first-order valence-electron chi connectivity index (χ1n) is 9.06. The van der Waals surface area contributed by atoms with Crippen molar-refractivity contribution in [2.24, 2.45) is 0 Å². The Hall–Kier alpha value is -4.34. The lowest BCUT2D eigenvalue weighted by Gasteiger charge is -2.05. The highest BCUT2D eigenvalue weighted by Gasteiger charge is 2.25. The van der Waals surface area contributed by atoms with Crippen molar-refractivity contribution < 1.29 is 28.4 Å². The van der Waals surface area contributed by atoms with Gasteiger partial charge in [0.25, 0.3) is 17.4 Å². The van der Waals surface area contributed by atoms with Gasteiger partial charge in [-0.15, -0.1) is 0 Å². The molecular formula is C21H14FN3O6. The van der Waals surface area contributed by atoms with E-state index in [0.29, 0.717) is 5.52 Å². The van der Waals surface area contributed by atoms with Gasteiger partial charge in [0, 0.05) is 41.9 Å². The van der Waals surface area contributed by atoms with Crippen LogP contribution in [0.25, 0.3) is 10.9 Å². The molecule has 1 N–H and O–H groups in total. The average Bonchev–Trinajstić information content (AvgIpc) is 3.32. The number of fused-ring (bicyclic) bond motifs is 1. The molecule has 0 fully saturated rings. The number of non-ortho nitro benzene ring substituents is 1. The molecule has 1 aliphatic heterocycles. The average molecular weight is 423 g/mol. The van der Waals surface area contributed by atoms with Crippen LogP contribution in [0.15, 0.2) is 60.4 Å². The first kappa shape index (κ1) is 20.0. The van der Waals surface area contributed by atoms with Crippen LogP contribution >= 0.6 is 0 Å². The van der Waals surface area contributed by atoms with Gasteiger partial charge in [0.1, 0.15) is 12.4 Å². The fraction of sp³-hybridized carbons (Fsp3) is 0.0952. The van der Waals surface area contributed by atoms with Crippen LogP contribution in [0.5, 0.6) is 0 Å². The van der Waals surface area contributed by atoms with Gasteiger partial charge in [-0.05, 0) is 23.8 Å². The van der Waals surface area contributed by atoms with Crippen LogP contribution in [0.3, 0.4) is 0 Å². The number of carbonyl (C=O) groups excluding carboxylic acids is 3. The van der Waals surface area contributed by atoms with Gasteiger partial charge in [-0.3, -0.25) is 19.7 Å². The molecule has 3 aromatic rings. The summed E-state index contributed by atoms with van der Waals surface area (Å²) in [6.07, 6.45) is 2.48. The minimum Gasteiger partial charge on any atom is -0.456 e. The van der Waals surface area contributed by atoms with Crippen molar-refractivity contribution in [3.05, 3.63) is 87.5 Å². The summed E-state index contributed by atoms with van der Waals surface area (Å²) in [6.45, 7) is 0.0899. The maximum absolute atomic E-state index is 13.2. The lowest BCUT2D eigenvalue weighted by molar-refractivity contribution is -0.384. The quantitative estimate of drug-likeness (QED) is 0.214. The number of nitrogens with zero attached hydrogens (tertiary/aromatic N) is 2. The van der Waals surface area contributed by atoms with Gasteiger partial charge < -0.3 is 14.6 Å². The molecule has 4 rings (SSSR count). The van der Waals surface area contributed by atoms with Crippen LogP contribution < -0.4 is 5.32 Å². The fourth-order valence-electron chi connectivity index (χ4n) is 3.27. The van der Waals surface area contributed by atoms with E-state index in [1.807, 2.05) is 0 Å². The van der Waals surface area contributed by atoms with Crippen molar-refractivity contribution >= 4 is 34.3 Å². The number of nitro benzene ring substituents is 1. The van der Waals surface area contributed by atoms with Crippen LogP contribution in [0.2, 0.25) is 0 Å². The number of rotatable bonds is 6. The number of nitrogens with one attached hydrogen (secondary N) is 1. The molecule has 9 nitrogen and oxygen atoms in total. The Labute approximate surface area is 173 Å². The largest absolute Gasteiger partial charge is 0.456 e. The SMILES string of the molecule is O=C1C=C(NC(=O)C(=O)c2cn(Cc3ccc(F)cc3)c3ccc([N+](=O)[O-])cc23)CO1. The predicted octanol–water partition coefficient (Wildman–Crippen LogP) is 2.48. The zero-order valence-electron chi connectivity index (χ0n) is 15.8. The number of nitro groups is 1. The number of halogens is 1. The van der Waals surface area contributed by atoms with E-state index in [2.05, 4.69) is 10.1 Å². The standard InChI is InChI=1S/C21H14FN3O6/c22-13-3-1-12(2-4-13)9-24-10-17(16-8-15(25(29)30)5-6-18(16)24)20(27)21(28)23-14-7-19(26)31-11-14/h1-8,10H,9,11H2,(H,23,28). The predicted molar refractivity (Wildman–Crippen MR) is 106 cm³/mol. The molecule has 2 heterocycles. The number of benzene rings is 2. The van der Waals surface area contributed by atoms with Gasteiger partial charge in [0.2, 0.25) is 0 Å². The first-order valence-corrected chi connectivity index (χ1v) is 9.06. The number of ketones is 1. The molecule has 156 valence electrons. The Morgan fingerprint density at radius 1 is 1.19 bits per heavy atom. The second kappa shape index (κ2) is 7.82. The number of esters is 1. The Kier molecular flexibility index (Phi) is 5.04. The maximum atomic E-state index is 13.2.